The van der Waals surface area contributed by atoms with E-state index < -0.39 is 6.04 Å². The lowest BCUT2D eigenvalue weighted by Crippen LogP contribution is -2.36. The molecule has 3 heterocycles. The van der Waals surface area contributed by atoms with E-state index in [0.29, 0.717) is 55.3 Å². The van der Waals surface area contributed by atoms with E-state index >= 15 is 0 Å². The average Bonchev–Trinajstić information content (AvgIpc) is 3.48. The average molecular weight is 408 g/mol. The van der Waals surface area contributed by atoms with E-state index in [2.05, 4.69) is 15.5 Å². The molecule has 3 aromatic rings. The number of aromatic nitrogens is 2. The van der Waals surface area contributed by atoms with Crippen LogP contribution in [-0.4, -0.2) is 49.2 Å². The molecule has 2 aromatic carbocycles. The molecule has 1 atom stereocenters. The standard InChI is InChI=1S/C21H20N4O5/c26-19(15-6-7-16-17(12-15)29-13-28-16)22-18(14-4-2-1-3-5-14)20-23-24-21(30-20)25-8-10-27-11-9-25/h1-7,12,18H,8-11,13H2,(H,22,26). The zero-order chi connectivity index (χ0) is 20.3. The second-order valence-electron chi connectivity index (χ2n) is 6.91. The van der Waals surface area contributed by atoms with Crippen molar-refractivity contribution in [1.82, 2.24) is 15.5 Å². The van der Waals surface area contributed by atoms with Gasteiger partial charge in [0, 0.05) is 18.7 Å². The van der Waals surface area contributed by atoms with E-state index in [4.69, 9.17) is 18.6 Å². The summed E-state index contributed by atoms with van der Waals surface area (Å²) in [4.78, 5) is 15.0. The van der Waals surface area contributed by atoms with Gasteiger partial charge in [-0.15, -0.1) is 5.10 Å². The third kappa shape index (κ3) is 3.67. The van der Waals surface area contributed by atoms with Crippen LogP contribution in [0.3, 0.4) is 0 Å². The van der Waals surface area contributed by atoms with Crippen LogP contribution in [0.5, 0.6) is 11.5 Å². The van der Waals surface area contributed by atoms with Gasteiger partial charge in [-0.2, -0.15) is 0 Å². The molecular formula is C21H20N4O5. The zero-order valence-corrected chi connectivity index (χ0v) is 16.1. The van der Waals surface area contributed by atoms with E-state index in [0.717, 1.165) is 5.56 Å². The number of hydrogen-bond acceptors (Lipinski definition) is 8. The molecule has 0 saturated carbocycles. The summed E-state index contributed by atoms with van der Waals surface area (Å²) in [5, 5.41) is 11.4. The van der Waals surface area contributed by atoms with Crippen molar-refractivity contribution >= 4 is 11.9 Å². The third-order valence-corrected chi connectivity index (χ3v) is 5.00. The fourth-order valence-corrected chi connectivity index (χ4v) is 3.41. The summed E-state index contributed by atoms with van der Waals surface area (Å²) in [7, 11) is 0. The molecule has 0 radical (unpaired) electrons. The predicted octanol–water partition coefficient (Wildman–Crippen LogP) is 2.15. The topological polar surface area (TPSA) is 99.0 Å². The number of amides is 1. The van der Waals surface area contributed by atoms with E-state index in [1.54, 1.807) is 18.2 Å². The van der Waals surface area contributed by atoms with Crippen molar-refractivity contribution in [2.24, 2.45) is 0 Å². The fourth-order valence-electron chi connectivity index (χ4n) is 3.41. The second kappa shape index (κ2) is 8.03. The minimum atomic E-state index is -0.591. The Morgan fingerprint density at radius 1 is 1.00 bits per heavy atom. The molecule has 1 unspecified atom stereocenters. The van der Waals surface area contributed by atoms with Crippen LogP contribution in [0.4, 0.5) is 6.01 Å². The summed E-state index contributed by atoms with van der Waals surface area (Å²) in [6.45, 7) is 2.74. The molecule has 1 amide bonds. The lowest BCUT2D eigenvalue weighted by atomic mass is 10.1. The molecule has 9 nitrogen and oxygen atoms in total. The molecule has 1 aromatic heterocycles. The largest absolute Gasteiger partial charge is 0.454 e. The van der Waals surface area contributed by atoms with Gasteiger partial charge in [0.05, 0.1) is 13.2 Å². The highest BCUT2D eigenvalue weighted by atomic mass is 16.7. The predicted molar refractivity (Wildman–Crippen MR) is 106 cm³/mol. The van der Waals surface area contributed by atoms with Crippen molar-refractivity contribution in [3.05, 3.63) is 65.5 Å². The molecule has 1 fully saturated rings. The summed E-state index contributed by atoms with van der Waals surface area (Å²) in [5.41, 5.74) is 1.29. The molecular weight excluding hydrogens is 388 g/mol. The van der Waals surface area contributed by atoms with Crippen LogP contribution in [0.2, 0.25) is 0 Å². The van der Waals surface area contributed by atoms with Gasteiger partial charge in [-0.25, -0.2) is 0 Å². The van der Waals surface area contributed by atoms with Crippen molar-refractivity contribution in [3.8, 4) is 11.5 Å². The first-order chi connectivity index (χ1) is 14.8. The van der Waals surface area contributed by atoms with Gasteiger partial charge in [-0.1, -0.05) is 35.4 Å². The molecule has 1 N–H and O–H groups in total. The molecule has 0 aliphatic carbocycles. The Bertz CT molecular complexity index is 1030. The van der Waals surface area contributed by atoms with Crippen molar-refractivity contribution in [1.29, 1.82) is 0 Å². The molecule has 0 bridgehead atoms. The maximum Gasteiger partial charge on any atom is 0.318 e. The minimum Gasteiger partial charge on any atom is -0.454 e. The normalized spacial score (nSPS) is 16.3. The number of morpholine rings is 1. The highest BCUT2D eigenvalue weighted by Crippen LogP contribution is 2.33. The van der Waals surface area contributed by atoms with Crippen molar-refractivity contribution in [3.63, 3.8) is 0 Å². The lowest BCUT2D eigenvalue weighted by Gasteiger charge is -2.24. The van der Waals surface area contributed by atoms with E-state index in [9.17, 15) is 4.79 Å². The highest BCUT2D eigenvalue weighted by Gasteiger charge is 2.26. The summed E-state index contributed by atoms with van der Waals surface area (Å²) in [6.07, 6.45) is 0. The molecule has 9 heteroatoms. The van der Waals surface area contributed by atoms with Gasteiger partial charge in [-0.05, 0) is 23.8 Å². The summed E-state index contributed by atoms with van der Waals surface area (Å²) in [5.74, 6) is 1.20. The van der Waals surface area contributed by atoms with E-state index in [1.165, 1.54) is 0 Å². The minimum absolute atomic E-state index is 0.152. The molecule has 5 rings (SSSR count). The smallest absolute Gasteiger partial charge is 0.318 e. The van der Waals surface area contributed by atoms with Gasteiger partial charge in [0.2, 0.25) is 12.7 Å². The number of benzene rings is 2. The zero-order valence-electron chi connectivity index (χ0n) is 16.1. The van der Waals surface area contributed by atoms with Gasteiger partial charge in [-0.3, -0.25) is 4.79 Å². The maximum absolute atomic E-state index is 13.0. The molecule has 1 saturated heterocycles. The second-order valence-corrected chi connectivity index (χ2v) is 6.91. The SMILES string of the molecule is O=C(NC(c1ccccc1)c1nnc(N2CCOCC2)o1)c1ccc2c(c1)OCO2. The van der Waals surface area contributed by atoms with Gasteiger partial charge in [0.25, 0.3) is 5.91 Å². The first-order valence-corrected chi connectivity index (χ1v) is 9.69. The van der Waals surface area contributed by atoms with Crippen molar-refractivity contribution in [2.75, 3.05) is 38.0 Å². The molecule has 30 heavy (non-hydrogen) atoms. The van der Waals surface area contributed by atoms with Crippen molar-refractivity contribution < 1.29 is 23.4 Å². The fraction of sp³-hybridized carbons (Fsp3) is 0.286. The van der Waals surface area contributed by atoms with Crippen molar-refractivity contribution in [2.45, 2.75) is 6.04 Å². The number of nitrogens with zero attached hydrogens (tertiary/aromatic N) is 3. The Hall–Kier alpha value is -3.59. The molecule has 2 aliphatic heterocycles. The summed E-state index contributed by atoms with van der Waals surface area (Å²) in [6, 6.07) is 14.4. The number of ether oxygens (including phenoxy) is 3. The van der Waals surface area contributed by atoms with Gasteiger partial charge in [0.15, 0.2) is 11.5 Å². The maximum atomic E-state index is 13.0. The number of carbonyl (C=O) groups is 1. The Balaban J connectivity index is 1.41. The number of hydrogen-bond donors (Lipinski definition) is 1. The third-order valence-electron chi connectivity index (χ3n) is 5.00. The quantitative estimate of drug-likeness (QED) is 0.686. The summed E-state index contributed by atoms with van der Waals surface area (Å²) < 4.78 is 22.0. The Morgan fingerprint density at radius 3 is 2.63 bits per heavy atom. The number of nitrogens with one attached hydrogen (secondary N) is 1. The van der Waals surface area contributed by atoms with Crippen LogP contribution in [0.25, 0.3) is 0 Å². The van der Waals surface area contributed by atoms with Gasteiger partial charge >= 0.3 is 6.01 Å². The lowest BCUT2D eigenvalue weighted by molar-refractivity contribution is 0.0937. The number of anilines is 1. The van der Waals surface area contributed by atoms with Crippen LogP contribution in [0.1, 0.15) is 27.9 Å². The number of carbonyl (C=O) groups excluding carboxylic acids is 1. The Morgan fingerprint density at radius 2 is 1.80 bits per heavy atom. The van der Waals surface area contributed by atoms with Crippen LogP contribution in [0.15, 0.2) is 52.9 Å². The van der Waals surface area contributed by atoms with Crippen LogP contribution in [0, 0.1) is 0 Å². The Kier molecular flexibility index (Phi) is 4.94. The van der Waals surface area contributed by atoms with E-state index in [-0.39, 0.29) is 12.7 Å². The highest BCUT2D eigenvalue weighted by molar-refractivity contribution is 5.95. The molecule has 2 aliphatic rings. The molecule has 154 valence electrons. The number of rotatable bonds is 5. The van der Waals surface area contributed by atoms with Gasteiger partial charge in [0.1, 0.15) is 6.04 Å². The first-order valence-electron chi connectivity index (χ1n) is 9.69. The number of fused-ring (bicyclic) bond motifs is 1. The Labute approximate surface area is 172 Å². The van der Waals surface area contributed by atoms with E-state index in [1.807, 2.05) is 35.2 Å². The summed E-state index contributed by atoms with van der Waals surface area (Å²) >= 11 is 0. The molecule has 0 spiro atoms. The van der Waals surface area contributed by atoms with Crippen LogP contribution < -0.4 is 19.7 Å². The van der Waals surface area contributed by atoms with Crippen LogP contribution >= 0.6 is 0 Å². The first kappa shape index (κ1) is 18.4. The van der Waals surface area contributed by atoms with Crippen LogP contribution in [-0.2, 0) is 4.74 Å². The van der Waals surface area contributed by atoms with Gasteiger partial charge < -0.3 is 28.8 Å². The monoisotopic (exact) mass is 408 g/mol.